The number of hydrogen-bond acceptors (Lipinski definition) is 6. The van der Waals surface area contributed by atoms with Crippen molar-refractivity contribution in [3.05, 3.63) is 57.8 Å². The van der Waals surface area contributed by atoms with Crippen molar-refractivity contribution in [1.29, 1.82) is 0 Å². The Morgan fingerprint density at radius 1 is 1.35 bits per heavy atom. The zero-order valence-corrected chi connectivity index (χ0v) is 12.1. The molecule has 8 nitrogen and oxygen atoms in total. The molecule has 0 saturated heterocycles. The number of rotatable bonds is 5. The molecule has 9 heteroatoms. The van der Waals surface area contributed by atoms with E-state index in [1.165, 1.54) is 22.9 Å². The van der Waals surface area contributed by atoms with E-state index in [0.29, 0.717) is 35.9 Å². The van der Waals surface area contributed by atoms with E-state index in [4.69, 9.17) is 4.52 Å². The summed E-state index contributed by atoms with van der Waals surface area (Å²) in [6.45, 7) is 2.11. The zero-order chi connectivity index (χ0) is 16.4. The van der Waals surface area contributed by atoms with Gasteiger partial charge in [-0.05, 0) is 36.1 Å². The van der Waals surface area contributed by atoms with Gasteiger partial charge >= 0.3 is 5.82 Å². The van der Waals surface area contributed by atoms with Crippen molar-refractivity contribution in [2.75, 3.05) is 0 Å². The van der Waals surface area contributed by atoms with Gasteiger partial charge in [0.25, 0.3) is 0 Å². The smallest absolute Gasteiger partial charge is 0.358 e. The fraction of sp³-hybridized carbons (Fsp3) is 0.214. The molecule has 0 bridgehead atoms. The lowest BCUT2D eigenvalue weighted by molar-refractivity contribution is -0.389. The largest absolute Gasteiger partial charge is 0.390 e. The van der Waals surface area contributed by atoms with Gasteiger partial charge in [-0.3, -0.25) is 0 Å². The second-order valence-electron chi connectivity index (χ2n) is 4.89. The second-order valence-corrected chi connectivity index (χ2v) is 4.89. The van der Waals surface area contributed by atoms with Gasteiger partial charge in [-0.2, -0.15) is 9.67 Å². The van der Waals surface area contributed by atoms with Crippen LogP contribution >= 0.6 is 0 Å². The van der Waals surface area contributed by atoms with Gasteiger partial charge in [-0.1, -0.05) is 5.16 Å². The van der Waals surface area contributed by atoms with Gasteiger partial charge in [0.1, 0.15) is 5.82 Å². The molecule has 3 rings (SSSR count). The first-order valence-corrected chi connectivity index (χ1v) is 6.80. The van der Waals surface area contributed by atoms with Crippen molar-refractivity contribution in [2.24, 2.45) is 0 Å². The topological polar surface area (TPSA) is 99.9 Å². The van der Waals surface area contributed by atoms with Gasteiger partial charge in [-0.15, -0.1) is 0 Å². The molecule has 0 amide bonds. The van der Waals surface area contributed by atoms with Gasteiger partial charge in [0, 0.05) is 12.0 Å². The summed E-state index contributed by atoms with van der Waals surface area (Å²) in [6, 6.07) is 7.16. The molecule has 3 aromatic rings. The highest BCUT2D eigenvalue weighted by molar-refractivity contribution is 5.53. The summed E-state index contributed by atoms with van der Waals surface area (Å²) in [6.07, 6.45) is 0.383. The first-order valence-electron chi connectivity index (χ1n) is 6.80. The molecule has 0 aliphatic heterocycles. The van der Waals surface area contributed by atoms with Gasteiger partial charge in [-0.25, -0.2) is 4.39 Å². The fourth-order valence-electron chi connectivity index (χ4n) is 2.08. The molecule has 23 heavy (non-hydrogen) atoms. The van der Waals surface area contributed by atoms with Crippen LogP contribution in [0.2, 0.25) is 0 Å². The van der Waals surface area contributed by atoms with Crippen molar-refractivity contribution >= 4 is 5.82 Å². The van der Waals surface area contributed by atoms with Gasteiger partial charge in [0.15, 0.2) is 0 Å². The maximum atomic E-state index is 12.9. The number of halogens is 1. The molecule has 0 N–H and O–H groups in total. The molecule has 0 spiro atoms. The van der Waals surface area contributed by atoms with E-state index in [2.05, 4.69) is 15.2 Å². The summed E-state index contributed by atoms with van der Waals surface area (Å²) in [5.41, 5.74) is 1.32. The third-order valence-electron chi connectivity index (χ3n) is 3.26. The van der Waals surface area contributed by atoms with Crippen LogP contribution < -0.4 is 0 Å². The molecule has 0 unspecified atom stereocenters. The minimum absolute atomic E-state index is 0.194. The molecule has 118 valence electrons. The summed E-state index contributed by atoms with van der Waals surface area (Å²) in [5.74, 6) is 0.207. The van der Waals surface area contributed by atoms with Crippen LogP contribution in [0.5, 0.6) is 0 Å². The maximum absolute atomic E-state index is 12.9. The normalized spacial score (nSPS) is 10.9. The van der Waals surface area contributed by atoms with Crippen molar-refractivity contribution < 1.29 is 13.8 Å². The quantitative estimate of drug-likeness (QED) is 0.529. The Balaban J connectivity index is 1.70. The Morgan fingerprint density at radius 2 is 2.09 bits per heavy atom. The average Bonchev–Trinajstić information content (AvgIpc) is 3.13. The van der Waals surface area contributed by atoms with Crippen LogP contribution in [-0.4, -0.2) is 24.8 Å². The highest BCUT2D eigenvalue weighted by Crippen LogP contribution is 2.17. The molecule has 2 aromatic heterocycles. The molecular weight excluding hydrogens is 305 g/mol. The van der Waals surface area contributed by atoms with E-state index in [-0.39, 0.29) is 11.6 Å². The summed E-state index contributed by atoms with van der Waals surface area (Å²) in [5, 5.41) is 18.4. The predicted octanol–water partition coefficient (Wildman–Crippen LogP) is 2.53. The Morgan fingerprint density at radius 3 is 2.74 bits per heavy atom. The number of benzene rings is 1. The second kappa shape index (κ2) is 5.95. The van der Waals surface area contributed by atoms with Crippen LogP contribution in [0.4, 0.5) is 10.2 Å². The molecule has 0 radical (unpaired) electrons. The Kier molecular flexibility index (Phi) is 3.83. The van der Waals surface area contributed by atoms with Crippen molar-refractivity contribution in [3.8, 4) is 11.4 Å². The van der Waals surface area contributed by atoms with E-state index in [9.17, 15) is 14.5 Å². The van der Waals surface area contributed by atoms with Crippen LogP contribution in [-0.2, 0) is 13.0 Å². The SMILES string of the molecule is Cc1cc([N+](=O)[O-])nn1CCc1nc(-c2ccc(F)cc2)no1. The van der Waals surface area contributed by atoms with E-state index in [1.54, 1.807) is 19.1 Å². The molecular formula is C14H12FN5O3. The lowest BCUT2D eigenvalue weighted by Gasteiger charge is -1.95. The van der Waals surface area contributed by atoms with E-state index in [1.807, 2.05) is 0 Å². The number of aromatic nitrogens is 4. The van der Waals surface area contributed by atoms with Gasteiger partial charge in [0.2, 0.25) is 11.7 Å². The van der Waals surface area contributed by atoms with E-state index < -0.39 is 4.92 Å². The molecule has 2 heterocycles. The highest BCUT2D eigenvalue weighted by Gasteiger charge is 2.16. The molecule has 1 aromatic carbocycles. The van der Waals surface area contributed by atoms with Gasteiger partial charge in [0.05, 0.1) is 23.4 Å². The predicted molar refractivity (Wildman–Crippen MR) is 77.0 cm³/mol. The third kappa shape index (κ3) is 3.23. The highest BCUT2D eigenvalue weighted by atomic mass is 19.1. The number of nitro groups is 1. The number of hydrogen-bond donors (Lipinski definition) is 0. The van der Waals surface area contributed by atoms with Crippen LogP contribution in [0.3, 0.4) is 0 Å². The maximum Gasteiger partial charge on any atom is 0.390 e. The summed E-state index contributed by atoms with van der Waals surface area (Å²) in [7, 11) is 0. The van der Waals surface area contributed by atoms with Crippen LogP contribution in [0.25, 0.3) is 11.4 Å². The molecule has 0 fully saturated rings. The molecule has 0 atom stereocenters. The third-order valence-corrected chi connectivity index (χ3v) is 3.26. The first-order chi connectivity index (χ1) is 11.0. The minimum atomic E-state index is -0.539. The van der Waals surface area contributed by atoms with Gasteiger partial charge < -0.3 is 14.6 Å². The average molecular weight is 317 g/mol. The summed E-state index contributed by atoms with van der Waals surface area (Å²) in [4.78, 5) is 14.4. The molecule has 0 aliphatic carbocycles. The first kappa shape index (κ1) is 14.8. The fourth-order valence-corrected chi connectivity index (χ4v) is 2.08. The standard InChI is InChI=1S/C14H12FN5O3/c1-9-8-12(20(21)22)17-19(9)7-6-13-16-14(18-23-13)10-2-4-11(15)5-3-10/h2-5,8H,6-7H2,1H3. The Hall–Kier alpha value is -3.10. The monoisotopic (exact) mass is 317 g/mol. The Labute approximate surface area is 129 Å². The van der Waals surface area contributed by atoms with Crippen LogP contribution in [0.15, 0.2) is 34.9 Å². The van der Waals surface area contributed by atoms with Crippen molar-refractivity contribution in [3.63, 3.8) is 0 Å². The summed E-state index contributed by atoms with van der Waals surface area (Å²) >= 11 is 0. The van der Waals surface area contributed by atoms with E-state index >= 15 is 0 Å². The Bertz CT molecular complexity index is 840. The zero-order valence-electron chi connectivity index (χ0n) is 12.1. The van der Waals surface area contributed by atoms with Crippen molar-refractivity contribution in [2.45, 2.75) is 19.9 Å². The lowest BCUT2D eigenvalue weighted by atomic mass is 10.2. The molecule has 0 aliphatic rings. The van der Waals surface area contributed by atoms with E-state index in [0.717, 1.165) is 0 Å². The van der Waals surface area contributed by atoms with Crippen LogP contribution in [0.1, 0.15) is 11.6 Å². The van der Waals surface area contributed by atoms with Crippen molar-refractivity contribution in [1.82, 2.24) is 19.9 Å². The minimum Gasteiger partial charge on any atom is -0.358 e. The molecule has 0 saturated carbocycles. The van der Waals surface area contributed by atoms with Crippen LogP contribution in [0, 0.1) is 22.9 Å². The lowest BCUT2D eigenvalue weighted by Crippen LogP contribution is -2.05. The number of nitrogens with zero attached hydrogens (tertiary/aromatic N) is 5. The number of aryl methyl sites for hydroxylation is 3. The summed E-state index contributed by atoms with van der Waals surface area (Å²) < 4.78 is 19.5.